The van der Waals surface area contributed by atoms with Crippen LogP contribution in [0.15, 0.2) is 46.9 Å². The molecule has 21 heavy (non-hydrogen) atoms. The number of rotatable bonds is 4. The van der Waals surface area contributed by atoms with Crippen molar-refractivity contribution in [3.05, 3.63) is 68.1 Å². The quantitative estimate of drug-likeness (QED) is 0.501. The van der Waals surface area contributed by atoms with Gasteiger partial charge in [0.25, 0.3) is 0 Å². The Kier molecular flexibility index (Phi) is 5.45. The zero-order valence-electron chi connectivity index (χ0n) is 11.1. The summed E-state index contributed by atoms with van der Waals surface area (Å²) in [6.45, 7) is 0. The van der Waals surface area contributed by atoms with Gasteiger partial charge < -0.3 is 4.74 Å². The third-order valence-corrected chi connectivity index (χ3v) is 3.84. The molecule has 2 rings (SSSR count). The number of allylic oxidation sites excluding steroid dienone is 1. The van der Waals surface area contributed by atoms with Crippen LogP contribution in [-0.4, -0.2) is 12.9 Å². The van der Waals surface area contributed by atoms with Gasteiger partial charge in [-0.25, -0.2) is 0 Å². The highest BCUT2D eigenvalue weighted by Crippen LogP contribution is 2.25. The molecule has 0 saturated heterocycles. The number of hydrogen-bond acceptors (Lipinski definition) is 2. The molecular weight excluding hydrogens is 375 g/mol. The Balaban J connectivity index is 2.28. The normalized spacial score (nSPS) is 10.9. The molecule has 0 aliphatic rings. The highest BCUT2D eigenvalue weighted by atomic mass is 79.9. The molecule has 0 amide bonds. The smallest absolute Gasteiger partial charge is 0.187 e. The Hall–Kier alpha value is -1.29. The van der Waals surface area contributed by atoms with E-state index in [1.54, 1.807) is 31.4 Å². The predicted molar refractivity (Wildman–Crippen MR) is 90.5 cm³/mol. The maximum atomic E-state index is 12.2. The molecule has 0 unspecified atom stereocenters. The van der Waals surface area contributed by atoms with E-state index in [0.29, 0.717) is 21.4 Å². The van der Waals surface area contributed by atoms with Crippen LogP contribution < -0.4 is 4.74 Å². The lowest BCUT2D eigenvalue weighted by atomic mass is 10.1. The number of carbonyl (C=O) groups is 1. The lowest BCUT2D eigenvalue weighted by molar-refractivity contribution is 0.104. The van der Waals surface area contributed by atoms with Crippen molar-refractivity contribution in [3.8, 4) is 5.75 Å². The van der Waals surface area contributed by atoms with Crippen LogP contribution in [0.4, 0.5) is 0 Å². The Bertz CT molecular complexity index is 711. The first kappa shape index (κ1) is 16.1. The van der Waals surface area contributed by atoms with Gasteiger partial charge in [-0.15, -0.1) is 0 Å². The Morgan fingerprint density at radius 1 is 1.19 bits per heavy atom. The van der Waals surface area contributed by atoms with Crippen molar-refractivity contribution in [2.45, 2.75) is 0 Å². The maximum Gasteiger partial charge on any atom is 0.187 e. The van der Waals surface area contributed by atoms with Crippen molar-refractivity contribution < 1.29 is 9.53 Å². The van der Waals surface area contributed by atoms with Crippen molar-refractivity contribution in [1.82, 2.24) is 0 Å². The molecule has 0 N–H and O–H groups in total. The molecule has 0 fully saturated rings. The SMILES string of the molecule is COc1ccc(Br)cc1/C=C/C(=O)c1ccc(Cl)cc1Cl. The van der Waals surface area contributed by atoms with E-state index in [-0.39, 0.29) is 5.78 Å². The van der Waals surface area contributed by atoms with Gasteiger partial charge in [0.15, 0.2) is 5.78 Å². The lowest BCUT2D eigenvalue weighted by Gasteiger charge is -2.05. The van der Waals surface area contributed by atoms with Crippen molar-refractivity contribution >= 4 is 51.0 Å². The average molecular weight is 386 g/mol. The van der Waals surface area contributed by atoms with Gasteiger partial charge in [0.05, 0.1) is 12.1 Å². The Labute approximate surface area is 141 Å². The summed E-state index contributed by atoms with van der Waals surface area (Å²) in [7, 11) is 1.58. The minimum atomic E-state index is -0.196. The van der Waals surface area contributed by atoms with Gasteiger partial charge >= 0.3 is 0 Å². The summed E-state index contributed by atoms with van der Waals surface area (Å²) in [5, 5.41) is 0.826. The van der Waals surface area contributed by atoms with E-state index in [9.17, 15) is 4.79 Å². The zero-order valence-corrected chi connectivity index (χ0v) is 14.2. The first-order valence-electron chi connectivity index (χ1n) is 6.02. The molecule has 108 valence electrons. The van der Waals surface area contributed by atoms with Gasteiger partial charge in [-0.2, -0.15) is 0 Å². The first-order chi connectivity index (χ1) is 10.0. The second-order valence-electron chi connectivity index (χ2n) is 4.21. The van der Waals surface area contributed by atoms with Crippen molar-refractivity contribution in [1.29, 1.82) is 0 Å². The van der Waals surface area contributed by atoms with Crippen LogP contribution in [0.5, 0.6) is 5.75 Å². The fourth-order valence-electron chi connectivity index (χ4n) is 1.78. The minimum Gasteiger partial charge on any atom is -0.496 e. The van der Waals surface area contributed by atoms with E-state index in [2.05, 4.69) is 15.9 Å². The molecule has 2 nitrogen and oxygen atoms in total. The van der Waals surface area contributed by atoms with Crippen molar-refractivity contribution in [3.63, 3.8) is 0 Å². The zero-order chi connectivity index (χ0) is 15.4. The van der Waals surface area contributed by atoms with Crippen LogP contribution in [0.2, 0.25) is 10.0 Å². The summed E-state index contributed by atoms with van der Waals surface area (Å²) in [5.41, 5.74) is 1.21. The van der Waals surface area contributed by atoms with E-state index >= 15 is 0 Å². The molecule has 0 radical (unpaired) electrons. The van der Waals surface area contributed by atoms with Crippen LogP contribution >= 0.6 is 39.1 Å². The van der Waals surface area contributed by atoms with Gasteiger partial charge in [0, 0.05) is 20.6 Å². The summed E-state index contributed by atoms with van der Waals surface area (Å²) < 4.78 is 6.15. The summed E-state index contributed by atoms with van der Waals surface area (Å²) in [4.78, 5) is 12.2. The molecule has 0 heterocycles. The second-order valence-corrected chi connectivity index (χ2v) is 5.97. The summed E-state index contributed by atoms with van der Waals surface area (Å²) in [5.74, 6) is 0.489. The molecular formula is C16H11BrCl2O2. The number of benzene rings is 2. The number of carbonyl (C=O) groups excluding carboxylic acids is 1. The standard InChI is InChI=1S/C16H11BrCl2O2/c1-21-16-7-3-11(17)8-10(16)2-6-15(20)13-5-4-12(18)9-14(13)19/h2-9H,1H3/b6-2+. The number of methoxy groups -OCH3 is 1. The molecule has 2 aromatic carbocycles. The number of halogens is 3. The van der Waals surface area contributed by atoms with Crippen molar-refractivity contribution in [2.75, 3.05) is 7.11 Å². The molecule has 0 spiro atoms. The fraction of sp³-hybridized carbons (Fsp3) is 0.0625. The molecule has 2 aromatic rings. The fourth-order valence-corrected chi connectivity index (χ4v) is 2.66. The van der Waals surface area contributed by atoms with E-state index in [1.165, 1.54) is 6.08 Å². The summed E-state index contributed by atoms with van der Waals surface area (Å²) >= 11 is 15.2. The monoisotopic (exact) mass is 384 g/mol. The van der Waals surface area contributed by atoms with Gasteiger partial charge in [0.2, 0.25) is 0 Å². The van der Waals surface area contributed by atoms with E-state index in [1.807, 2.05) is 18.2 Å². The molecule has 0 atom stereocenters. The molecule has 0 saturated carbocycles. The molecule has 0 aliphatic heterocycles. The largest absolute Gasteiger partial charge is 0.496 e. The van der Waals surface area contributed by atoms with Crippen LogP contribution in [0.1, 0.15) is 15.9 Å². The third kappa shape index (κ3) is 4.10. The number of ketones is 1. The molecule has 0 bridgehead atoms. The van der Waals surface area contributed by atoms with Crippen LogP contribution in [0, 0.1) is 0 Å². The highest BCUT2D eigenvalue weighted by Gasteiger charge is 2.08. The second kappa shape index (κ2) is 7.12. The lowest BCUT2D eigenvalue weighted by Crippen LogP contribution is -1.95. The topological polar surface area (TPSA) is 26.3 Å². The molecule has 5 heteroatoms. The number of ether oxygens (including phenoxy) is 1. The summed E-state index contributed by atoms with van der Waals surface area (Å²) in [6, 6.07) is 10.3. The highest BCUT2D eigenvalue weighted by molar-refractivity contribution is 9.10. The summed E-state index contributed by atoms with van der Waals surface area (Å²) in [6.07, 6.45) is 3.15. The predicted octanol–water partition coefficient (Wildman–Crippen LogP) is 5.66. The van der Waals surface area contributed by atoms with Crippen molar-refractivity contribution in [2.24, 2.45) is 0 Å². The minimum absolute atomic E-state index is 0.196. The van der Waals surface area contributed by atoms with Gasteiger partial charge in [-0.1, -0.05) is 39.1 Å². The first-order valence-corrected chi connectivity index (χ1v) is 7.57. The van der Waals surface area contributed by atoms with Gasteiger partial charge in [-0.3, -0.25) is 4.79 Å². The van der Waals surface area contributed by atoms with Crippen LogP contribution in [0.3, 0.4) is 0 Å². The Morgan fingerprint density at radius 2 is 1.95 bits per heavy atom. The average Bonchev–Trinajstić information content (AvgIpc) is 2.45. The van der Waals surface area contributed by atoms with E-state index < -0.39 is 0 Å². The molecule has 0 aliphatic carbocycles. The van der Waals surface area contributed by atoms with Gasteiger partial charge in [-0.05, 0) is 48.6 Å². The van der Waals surface area contributed by atoms with Gasteiger partial charge in [0.1, 0.15) is 5.75 Å². The van der Waals surface area contributed by atoms with Crippen LogP contribution in [-0.2, 0) is 0 Å². The maximum absolute atomic E-state index is 12.2. The van der Waals surface area contributed by atoms with E-state index in [4.69, 9.17) is 27.9 Å². The van der Waals surface area contributed by atoms with E-state index in [0.717, 1.165) is 10.0 Å². The third-order valence-electron chi connectivity index (χ3n) is 2.80. The molecule has 0 aromatic heterocycles. The number of hydrogen-bond donors (Lipinski definition) is 0. The Morgan fingerprint density at radius 3 is 2.62 bits per heavy atom. The van der Waals surface area contributed by atoms with Crippen LogP contribution in [0.25, 0.3) is 6.08 Å².